The number of nitrogens with two attached hydrogens (primary N) is 1. The van der Waals surface area contributed by atoms with Gasteiger partial charge in [0, 0.05) is 17.8 Å². The third-order valence-electron chi connectivity index (χ3n) is 5.05. The molecule has 170 valence electrons. The maximum absolute atomic E-state index is 13.5. The van der Waals surface area contributed by atoms with Crippen LogP contribution in [0.15, 0.2) is 59.9 Å². The maximum atomic E-state index is 13.5. The van der Waals surface area contributed by atoms with E-state index < -0.39 is 15.8 Å². The second-order valence-corrected chi connectivity index (χ2v) is 9.97. The molecule has 0 aliphatic heterocycles. The SMILES string of the molecule is CC(C)n1cc(C(=O)c2cccc(NS(=O)(=O)c3ccccc3Cl)c2Cl)c2c(N)ncnc21. The second-order valence-electron chi connectivity index (χ2n) is 7.53. The van der Waals surface area contributed by atoms with Gasteiger partial charge in [0.25, 0.3) is 10.0 Å². The predicted molar refractivity (Wildman–Crippen MR) is 129 cm³/mol. The first-order valence-corrected chi connectivity index (χ1v) is 12.1. The summed E-state index contributed by atoms with van der Waals surface area (Å²) in [6.07, 6.45) is 2.99. The topological polar surface area (TPSA) is 120 Å². The van der Waals surface area contributed by atoms with Crippen molar-refractivity contribution in [3.8, 4) is 0 Å². The van der Waals surface area contributed by atoms with Crippen LogP contribution in [0.1, 0.15) is 35.8 Å². The lowest BCUT2D eigenvalue weighted by Crippen LogP contribution is -2.14. The highest BCUT2D eigenvalue weighted by Gasteiger charge is 2.25. The number of carbonyl (C=O) groups is 1. The number of nitrogens with one attached hydrogen (secondary N) is 1. The highest BCUT2D eigenvalue weighted by molar-refractivity contribution is 7.92. The van der Waals surface area contributed by atoms with Crippen molar-refractivity contribution in [1.29, 1.82) is 0 Å². The molecule has 3 N–H and O–H groups in total. The summed E-state index contributed by atoms with van der Waals surface area (Å²) < 4.78 is 29.9. The molecule has 0 fully saturated rings. The molecule has 4 aromatic rings. The minimum atomic E-state index is -4.04. The Morgan fingerprint density at radius 3 is 2.48 bits per heavy atom. The van der Waals surface area contributed by atoms with E-state index in [1.54, 1.807) is 18.3 Å². The Hall–Kier alpha value is -3.14. The summed E-state index contributed by atoms with van der Waals surface area (Å²) in [5.41, 5.74) is 6.99. The van der Waals surface area contributed by atoms with E-state index in [1.807, 2.05) is 18.4 Å². The molecule has 0 spiro atoms. The number of sulfonamides is 1. The molecule has 0 radical (unpaired) electrons. The van der Waals surface area contributed by atoms with Gasteiger partial charge in [0.1, 0.15) is 22.7 Å². The van der Waals surface area contributed by atoms with E-state index in [9.17, 15) is 13.2 Å². The van der Waals surface area contributed by atoms with Crippen LogP contribution in [0.3, 0.4) is 0 Å². The number of carbonyl (C=O) groups excluding carboxylic acids is 1. The maximum Gasteiger partial charge on any atom is 0.263 e. The summed E-state index contributed by atoms with van der Waals surface area (Å²) >= 11 is 12.5. The van der Waals surface area contributed by atoms with Crippen LogP contribution >= 0.6 is 23.2 Å². The Balaban J connectivity index is 1.79. The van der Waals surface area contributed by atoms with Crippen LogP contribution < -0.4 is 10.5 Å². The molecule has 8 nitrogen and oxygen atoms in total. The van der Waals surface area contributed by atoms with Crippen molar-refractivity contribution in [2.75, 3.05) is 10.5 Å². The highest BCUT2D eigenvalue weighted by atomic mass is 35.5. The predicted octanol–water partition coefficient (Wildman–Crippen LogP) is 4.93. The molecule has 4 rings (SSSR count). The van der Waals surface area contributed by atoms with E-state index >= 15 is 0 Å². The third-order valence-corrected chi connectivity index (χ3v) is 7.33. The van der Waals surface area contributed by atoms with Crippen molar-refractivity contribution in [3.63, 3.8) is 0 Å². The summed E-state index contributed by atoms with van der Waals surface area (Å²) in [5, 5.41) is 0.415. The number of fused-ring (bicyclic) bond motifs is 1. The molecule has 0 unspecified atom stereocenters. The van der Waals surface area contributed by atoms with Gasteiger partial charge in [0.2, 0.25) is 0 Å². The van der Waals surface area contributed by atoms with Gasteiger partial charge in [-0.2, -0.15) is 0 Å². The van der Waals surface area contributed by atoms with Gasteiger partial charge in [-0.25, -0.2) is 18.4 Å². The van der Waals surface area contributed by atoms with E-state index in [2.05, 4.69) is 14.7 Å². The van der Waals surface area contributed by atoms with Crippen LogP contribution in [0.25, 0.3) is 11.0 Å². The van der Waals surface area contributed by atoms with Gasteiger partial charge in [-0.05, 0) is 38.1 Å². The zero-order valence-corrected chi connectivity index (χ0v) is 19.9. The number of rotatable bonds is 6. The quantitative estimate of drug-likeness (QED) is 0.359. The van der Waals surface area contributed by atoms with Crippen molar-refractivity contribution in [2.45, 2.75) is 24.8 Å². The van der Waals surface area contributed by atoms with Gasteiger partial charge >= 0.3 is 0 Å². The molecule has 2 heterocycles. The molecule has 0 amide bonds. The van der Waals surface area contributed by atoms with Gasteiger partial charge < -0.3 is 10.3 Å². The zero-order chi connectivity index (χ0) is 23.9. The molecular formula is C22H19Cl2N5O3S. The minimum Gasteiger partial charge on any atom is -0.383 e. The number of anilines is 2. The molecule has 0 aliphatic rings. The molecule has 0 aliphatic carbocycles. The summed E-state index contributed by atoms with van der Waals surface area (Å²) in [7, 11) is -4.04. The lowest BCUT2D eigenvalue weighted by Gasteiger charge is -2.13. The van der Waals surface area contributed by atoms with Gasteiger partial charge in [-0.1, -0.05) is 41.4 Å². The van der Waals surface area contributed by atoms with Crippen molar-refractivity contribution in [3.05, 3.63) is 76.2 Å². The summed E-state index contributed by atoms with van der Waals surface area (Å²) in [4.78, 5) is 21.7. The van der Waals surface area contributed by atoms with Crippen molar-refractivity contribution in [1.82, 2.24) is 14.5 Å². The Morgan fingerprint density at radius 1 is 1.06 bits per heavy atom. The van der Waals surface area contributed by atoms with Gasteiger partial charge in [0.05, 0.1) is 26.7 Å². The fraction of sp³-hybridized carbons (Fsp3) is 0.136. The first-order chi connectivity index (χ1) is 15.6. The van der Waals surface area contributed by atoms with Crippen LogP contribution in [0, 0.1) is 0 Å². The number of hydrogen-bond donors (Lipinski definition) is 2. The number of ketones is 1. The molecule has 0 saturated heterocycles. The Kier molecular flexibility index (Phi) is 6.04. The number of aromatic nitrogens is 3. The molecule has 2 aromatic heterocycles. The monoisotopic (exact) mass is 503 g/mol. The van der Waals surface area contributed by atoms with Crippen LogP contribution in [-0.4, -0.2) is 28.7 Å². The number of nitrogen functional groups attached to an aromatic ring is 1. The van der Waals surface area contributed by atoms with Crippen LogP contribution in [0.2, 0.25) is 10.0 Å². The Labute approximate surface area is 200 Å². The molecule has 2 aromatic carbocycles. The number of nitrogens with zero attached hydrogens (tertiary/aromatic N) is 3. The molecule has 0 saturated carbocycles. The van der Waals surface area contributed by atoms with E-state index in [0.717, 1.165) is 0 Å². The number of hydrogen-bond acceptors (Lipinski definition) is 6. The largest absolute Gasteiger partial charge is 0.383 e. The van der Waals surface area contributed by atoms with Crippen LogP contribution in [0.5, 0.6) is 0 Å². The fourth-order valence-corrected chi connectivity index (χ4v) is 5.38. The van der Waals surface area contributed by atoms with E-state index in [0.29, 0.717) is 11.0 Å². The normalized spacial score (nSPS) is 11.8. The average Bonchev–Trinajstić information content (AvgIpc) is 3.16. The number of halogens is 2. The standard InChI is InChI=1S/C22H19Cl2N5O3S/c1-12(2)29-10-14(18-21(25)26-11-27-22(18)29)20(30)13-6-5-8-16(19(13)24)28-33(31,32)17-9-4-3-7-15(17)23/h3-12,28H,1-2H3,(H2,25,26,27). The Morgan fingerprint density at radius 2 is 1.79 bits per heavy atom. The molecular weight excluding hydrogens is 485 g/mol. The lowest BCUT2D eigenvalue weighted by molar-refractivity contribution is 0.104. The first kappa shape index (κ1) is 23.0. The van der Waals surface area contributed by atoms with Gasteiger partial charge in [0.15, 0.2) is 5.78 Å². The molecule has 0 atom stereocenters. The van der Waals surface area contributed by atoms with E-state index in [4.69, 9.17) is 28.9 Å². The molecule has 0 bridgehead atoms. The van der Waals surface area contributed by atoms with Crippen molar-refractivity contribution >= 4 is 61.5 Å². The third kappa shape index (κ3) is 4.15. The minimum absolute atomic E-state index is 0.00702. The molecule has 11 heteroatoms. The van der Waals surface area contributed by atoms with Crippen molar-refractivity contribution in [2.24, 2.45) is 0 Å². The highest BCUT2D eigenvalue weighted by Crippen LogP contribution is 2.34. The van der Waals surface area contributed by atoms with Crippen LogP contribution in [-0.2, 0) is 10.0 Å². The first-order valence-electron chi connectivity index (χ1n) is 9.83. The summed E-state index contributed by atoms with van der Waals surface area (Å²) in [6.45, 7) is 3.90. The smallest absolute Gasteiger partial charge is 0.263 e. The Bertz CT molecular complexity index is 1500. The van der Waals surface area contributed by atoms with Crippen molar-refractivity contribution < 1.29 is 13.2 Å². The van der Waals surface area contributed by atoms with E-state index in [-0.39, 0.29) is 43.6 Å². The molecule has 33 heavy (non-hydrogen) atoms. The van der Waals surface area contributed by atoms with Gasteiger partial charge in [-0.3, -0.25) is 9.52 Å². The summed E-state index contributed by atoms with van der Waals surface area (Å²) in [6, 6.07) is 10.5. The number of benzene rings is 2. The fourth-order valence-electron chi connectivity index (χ4n) is 3.47. The van der Waals surface area contributed by atoms with Gasteiger partial charge in [-0.15, -0.1) is 0 Å². The van der Waals surface area contributed by atoms with E-state index in [1.165, 1.54) is 36.7 Å². The summed E-state index contributed by atoms with van der Waals surface area (Å²) in [5.74, 6) is -0.279. The zero-order valence-electron chi connectivity index (χ0n) is 17.6. The average molecular weight is 504 g/mol. The van der Waals surface area contributed by atoms with Crippen LogP contribution in [0.4, 0.5) is 11.5 Å². The second kappa shape index (κ2) is 8.66. The lowest BCUT2D eigenvalue weighted by atomic mass is 10.0.